The molecule has 1 N–H and O–H groups in total. The lowest BCUT2D eigenvalue weighted by Crippen LogP contribution is -2.28. The third-order valence-corrected chi connectivity index (χ3v) is 6.62. The van der Waals surface area contributed by atoms with Crippen molar-refractivity contribution in [2.24, 2.45) is 0 Å². The van der Waals surface area contributed by atoms with Crippen molar-refractivity contribution in [1.82, 2.24) is 14.9 Å². The van der Waals surface area contributed by atoms with Crippen LogP contribution in [0.1, 0.15) is 42.6 Å². The summed E-state index contributed by atoms with van der Waals surface area (Å²) in [7, 11) is 0. The van der Waals surface area contributed by atoms with Crippen LogP contribution in [0.25, 0.3) is 22.0 Å². The fraction of sp³-hybridized carbons (Fsp3) is 0.241. The van der Waals surface area contributed by atoms with Gasteiger partial charge in [-0.3, -0.25) is 14.5 Å². The van der Waals surface area contributed by atoms with Crippen LogP contribution in [0.15, 0.2) is 72.8 Å². The van der Waals surface area contributed by atoms with Gasteiger partial charge in [0.15, 0.2) is 0 Å². The van der Waals surface area contributed by atoms with Crippen LogP contribution in [0.2, 0.25) is 0 Å². The molecule has 0 bridgehead atoms. The van der Waals surface area contributed by atoms with Crippen LogP contribution in [-0.2, 0) is 22.6 Å². The standard InChI is InChI=1S/C29H26N4O2/c34-27-13-14-28(35)33(27)18-20-7-4-8-21(15-20)22-9-12-25-24(17-22)29(30-23-10-11-23)32-26(31-25)16-19-5-2-1-3-6-19/h1-9,12,15,17,23H,10-11,13-14,16,18H2,(H,30,31,32). The van der Waals surface area contributed by atoms with Crippen molar-refractivity contribution < 1.29 is 9.59 Å². The summed E-state index contributed by atoms with van der Waals surface area (Å²) >= 11 is 0. The van der Waals surface area contributed by atoms with Gasteiger partial charge >= 0.3 is 0 Å². The molecule has 4 aromatic rings. The number of benzene rings is 3. The lowest BCUT2D eigenvalue weighted by atomic mass is 10.0. The molecule has 1 aliphatic heterocycles. The Morgan fingerprint density at radius 2 is 1.54 bits per heavy atom. The molecule has 2 fully saturated rings. The SMILES string of the molecule is O=C1CCC(=O)N1Cc1cccc(-c2ccc3nc(Cc4ccccc4)nc(NC4CC4)c3c2)c1. The maximum atomic E-state index is 12.0. The Hall–Kier alpha value is -4.06. The Morgan fingerprint density at radius 1 is 0.800 bits per heavy atom. The zero-order chi connectivity index (χ0) is 23.8. The normalized spacial score (nSPS) is 15.7. The molecule has 6 rings (SSSR count). The second kappa shape index (κ2) is 8.95. The first-order valence-electron chi connectivity index (χ1n) is 12.2. The number of amides is 2. The van der Waals surface area contributed by atoms with Gasteiger partial charge in [-0.05, 0) is 53.3 Å². The van der Waals surface area contributed by atoms with E-state index in [0.29, 0.717) is 31.8 Å². The molecule has 6 nitrogen and oxygen atoms in total. The molecule has 0 atom stereocenters. The zero-order valence-corrected chi connectivity index (χ0v) is 19.4. The average Bonchev–Trinajstić information content (AvgIpc) is 3.65. The summed E-state index contributed by atoms with van der Waals surface area (Å²) in [5.41, 5.74) is 5.14. The highest BCUT2D eigenvalue weighted by Crippen LogP contribution is 2.32. The minimum Gasteiger partial charge on any atom is -0.367 e. The fourth-order valence-corrected chi connectivity index (χ4v) is 4.58. The van der Waals surface area contributed by atoms with Gasteiger partial charge < -0.3 is 5.32 Å². The van der Waals surface area contributed by atoms with Gasteiger partial charge in [-0.1, -0.05) is 54.6 Å². The molecule has 2 heterocycles. The molecule has 0 spiro atoms. The van der Waals surface area contributed by atoms with Crippen LogP contribution in [0.4, 0.5) is 5.82 Å². The molecule has 3 aromatic carbocycles. The molecule has 2 amide bonds. The number of anilines is 1. The summed E-state index contributed by atoms with van der Waals surface area (Å²) in [5, 5.41) is 4.60. The van der Waals surface area contributed by atoms with E-state index in [0.717, 1.165) is 52.1 Å². The van der Waals surface area contributed by atoms with E-state index < -0.39 is 0 Å². The molecule has 1 saturated carbocycles. The summed E-state index contributed by atoms with van der Waals surface area (Å²) in [6, 6.07) is 25.1. The Kier molecular flexibility index (Phi) is 5.49. The van der Waals surface area contributed by atoms with Crippen LogP contribution in [0.3, 0.4) is 0 Å². The zero-order valence-electron chi connectivity index (χ0n) is 19.4. The van der Waals surface area contributed by atoms with Crippen molar-refractivity contribution in [2.45, 2.75) is 44.7 Å². The van der Waals surface area contributed by atoms with E-state index in [2.05, 4.69) is 47.8 Å². The van der Waals surface area contributed by atoms with Crippen LogP contribution < -0.4 is 5.32 Å². The third kappa shape index (κ3) is 4.64. The third-order valence-electron chi connectivity index (χ3n) is 6.62. The van der Waals surface area contributed by atoms with Crippen molar-refractivity contribution in [1.29, 1.82) is 0 Å². The number of hydrogen-bond acceptors (Lipinski definition) is 5. The Bertz CT molecular complexity index is 1410. The van der Waals surface area contributed by atoms with Gasteiger partial charge in [0.05, 0.1) is 12.1 Å². The predicted octanol–water partition coefficient (Wildman–Crippen LogP) is 5.11. The van der Waals surface area contributed by atoms with E-state index >= 15 is 0 Å². The molecule has 2 aliphatic rings. The summed E-state index contributed by atoms with van der Waals surface area (Å²) < 4.78 is 0. The minimum atomic E-state index is -0.0923. The number of imide groups is 1. The van der Waals surface area contributed by atoms with Crippen LogP contribution >= 0.6 is 0 Å². The Balaban J connectivity index is 1.34. The van der Waals surface area contributed by atoms with Gasteiger partial charge in [-0.15, -0.1) is 0 Å². The highest BCUT2D eigenvalue weighted by molar-refractivity contribution is 6.01. The highest BCUT2D eigenvalue weighted by atomic mass is 16.2. The molecule has 1 aliphatic carbocycles. The molecule has 6 heteroatoms. The van der Waals surface area contributed by atoms with E-state index in [1.165, 1.54) is 10.5 Å². The molecule has 0 radical (unpaired) electrons. The second-order valence-corrected chi connectivity index (χ2v) is 9.38. The van der Waals surface area contributed by atoms with Crippen molar-refractivity contribution in [3.63, 3.8) is 0 Å². The van der Waals surface area contributed by atoms with E-state index in [9.17, 15) is 9.59 Å². The van der Waals surface area contributed by atoms with Crippen molar-refractivity contribution >= 4 is 28.5 Å². The maximum Gasteiger partial charge on any atom is 0.229 e. The van der Waals surface area contributed by atoms with Gasteiger partial charge in [0.2, 0.25) is 11.8 Å². The topological polar surface area (TPSA) is 75.2 Å². The summed E-state index contributed by atoms with van der Waals surface area (Å²) in [6.45, 7) is 0.319. The number of rotatable bonds is 7. The number of carbonyl (C=O) groups is 2. The molecule has 1 aromatic heterocycles. The molecule has 1 saturated heterocycles. The van der Waals surface area contributed by atoms with Gasteiger partial charge in [0.1, 0.15) is 11.6 Å². The number of hydrogen-bond donors (Lipinski definition) is 1. The van der Waals surface area contributed by atoms with Crippen molar-refractivity contribution in [3.8, 4) is 11.1 Å². The Labute approximate surface area is 204 Å². The van der Waals surface area contributed by atoms with Gasteiger partial charge in [-0.25, -0.2) is 9.97 Å². The summed E-state index contributed by atoms with van der Waals surface area (Å²) in [5.74, 6) is 1.51. The maximum absolute atomic E-state index is 12.0. The Morgan fingerprint density at radius 3 is 2.31 bits per heavy atom. The van der Waals surface area contributed by atoms with Crippen molar-refractivity contribution in [3.05, 3.63) is 89.7 Å². The number of fused-ring (bicyclic) bond motifs is 1. The molecule has 174 valence electrons. The fourth-order valence-electron chi connectivity index (χ4n) is 4.58. The van der Waals surface area contributed by atoms with E-state index in [-0.39, 0.29) is 11.8 Å². The van der Waals surface area contributed by atoms with Crippen LogP contribution in [0, 0.1) is 0 Å². The summed E-state index contributed by atoms with van der Waals surface area (Å²) in [4.78, 5) is 35.2. The lowest BCUT2D eigenvalue weighted by molar-refractivity contribution is -0.139. The molecular weight excluding hydrogens is 436 g/mol. The largest absolute Gasteiger partial charge is 0.367 e. The monoisotopic (exact) mass is 462 g/mol. The first-order valence-corrected chi connectivity index (χ1v) is 12.2. The number of nitrogens with one attached hydrogen (secondary N) is 1. The smallest absolute Gasteiger partial charge is 0.229 e. The lowest BCUT2D eigenvalue weighted by Gasteiger charge is -2.15. The quantitative estimate of drug-likeness (QED) is 0.386. The average molecular weight is 463 g/mol. The first-order chi connectivity index (χ1) is 17.1. The van der Waals surface area contributed by atoms with Gasteiger partial charge in [0.25, 0.3) is 0 Å². The van der Waals surface area contributed by atoms with E-state index in [1.54, 1.807) is 0 Å². The van der Waals surface area contributed by atoms with Crippen LogP contribution in [-0.4, -0.2) is 32.7 Å². The molecule has 35 heavy (non-hydrogen) atoms. The van der Waals surface area contributed by atoms with Crippen molar-refractivity contribution in [2.75, 3.05) is 5.32 Å². The number of aromatic nitrogens is 2. The number of nitrogens with zero attached hydrogens (tertiary/aromatic N) is 3. The minimum absolute atomic E-state index is 0.0923. The first kappa shape index (κ1) is 21.5. The second-order valence-electron chi connectivity index (χ2n) is 9.38. The van der Waals surface area contributed by atoms with E-state index in [1.807, 2.05) is 30.3 Å². The molecule has 0 unspecified atom stereocenters. The number of likely N-dealkylation sites (tertiary alicyclic amines) is 1. The van der Waals surface area contributed by atoms with Gasteiger partial charge in [-0.2, -0.15) is 0 Å². The van der Waals surface area contributed by atoms with E-state index in [4.69, 9.17) is 9.97 Å². The van der Waals surface area contributed by atoms with Gasteiger partial charge in [0, 0.05) is 30.7 Å². The number of carbonyl (C=O) groups excluding carboxylic acids is 2. The van der Waals surface area contributed by atoms with Crippen LogP contribution in [0.5, 0.6) is 0 Å². The highest BCUT2D eigenvalue weighted by Gasteiger charge is 2.28. The summed E-state index contributed by atoms with van der Waals surface area (Å²) in [6.07, 6.45) is 3.64. The predicted molar refractivity (Wildman–Crippen MR) is 136 cm³/mol. The molecular formula is C29H26N4O2.